The number of rotatable bonds is 7. The molecule has 1 aromatic carbocycles. The van der Waals surface area contributed by atoms with Gasteiger partial charge >= 0.3 is 0 Å². The average molecular weight is 271 g/mol. The SMILES string of the molecule is C#CCCCC(NCCC)C1CCOc2ccccc21. The van der Waals surface area contributed by atoms with Crippen molar-refractivity contribution in [1.82, 2.24) is 5.32 Å². The summed E-state index contributed by atoms with van der Waals surface area (Å²) < 4.78 is 5.77. The first-order chi connectivity index (χ1) is 9.86. The van der Waals surface area contributed by atoms with Gasteiger partial charge in [-0.2, -0.15) is 0 Å². The molecule has 1 N–H and O–H groups in total. The van der Waals surface area contributed by atoms with Crippen LogP contribution in [0.1, 0.15) is 50.5 Å². The summed E-state index contributed by atoms with van der Waals surface area (Å²) in [5.74, 6) is 4.35. The van der Waals surface area contributed by atoms with Crippen LogP contribution in [0.3, 0.4) is 0 Å². The van der Waals surface area contributed by atoms with Crippen molar-refractivity contribution in [3.05, 3.63) is 29.8 Å². The second-order valence-corrected chi connectivity index (χ2v) is 5.44. The van der Waals surface area contributed by atoms with Gasteiger partial charge in [0.25, 0.3) is 0 Å². The van der Waals surface area contributed by atoms with E-state index in [2.05, 4.69) is 36.4 Å². The van der Waals surface area contributed by atoms with E-state index >= 15 is 0 Å². The zero-order valence-electron chi connectivity index (χ0n) is 12.4. The lowest BCUT2D eigenvalue weighted by Crippen LogP contribution is -2.37. The molecule has 1 aliphatic rings. The normalized spacial score (nSPS) is 18.7. The lowest BCUT2D eigenvalue weighted by atomic mass is 9.84. The third-order valence-corrected chi connectivity index (χ3v) is 3.98. The minimum atomic E-state index is 0.508. The highest BCUT2D eigenvalue weighted by Gasteiger charge is 2.27. The maximum Gasteiger partial charge on any atom is 0.122 e. The largest absolute Gasteiger partial charge is 0.493 e. The van der Waals surface area contributed by atoms with Crippen molar-refractivity contribution in [3.8, 4) is 18.1 Å². The summed E-state index contributed by atoms with van der Waals surface area (Å²) in [4.78, 5) is 0. The number of ether oxygens (including phenoxy) is 1. The Morgan fingerprint density at radius 3 is 3.10 bits per heavy atom. The van der Waals surface area contributed by atoms with E-state index in [1.807, 2.05) is 6.07 Å². The minimum absolute atomic E-state index is 0.508. The van der Waals surface area contributed by atoms with Crippen molar-refractivity contribution in [2.24, 2.45) is 0 Å². The van der Waals surface area contributed by atoms with E-state index in [0.29, 0.717) is 12.0 Å². The number of hydrogen-bond acceptors (Lipinski definition) is 2. The van der Waals surface area contributed by atoms with Gasteiger partial charge in [-0.1, -0.05) is 25.1 Å². The Balaban J connectivity index is 2.10. The Morgan fingerprint density at radius 2 is 2.30 bits per heavy atom. The third kappa shape index (κ3) is 3.77. The molecule has 0 fully saturated rings. The van der Waals surface area contributed by atoms with Crippen LogP contribution in [0.5, 0.6) is 5.75 Å². The lowest BCUT2D eigenvalue weighted by molar-refractivity contribution is 0.240. The number of hydrogen-bond donors (Lipinski definition) is 1. The fourth-order valence-corrected chi connectivity index (χ4v) is 2.99. The first-order valence-electron chi connectivity index (χ1n) is 7.75. The van der Waals surface area contributed by atoms with E-state index in [-0.39, 0.29) is 0 Å². The topological polar surface area (TPSA) is 21.3 Å². The zero-order chi connectivity index (χ0) is 14.2. The highest BCUT2D eigenvalue weighted by atomic mass is 16.5. The van der Waals surface area contributed by atoms with Crippen molar-refractivity contribution in [3.63, 3.8) is 0 Å². The highest BCUT2D eigenvalue weighted by molar-refractivity contribution is 5.38. The zero-order valence-corrected chi connectivity index (χ0v) is 12.4. The number of para-hydroxylation sites is 1. The molecule has 0 saturated carbocycles. The van der Waals surface area contributed by atoms with E-state index in [9.17, 15) is 0 Å². The molecule has 0 spiro atoms. The molecule has 1 aromatic rings. The van der Waals surface area contributed by atoms with Crippen molar-refractivity contribution >= 4 is 0 Å². The van der Waals surface area contributed by atoms with Crippen LogP contribution in [0.15, 0.2) is 24.3 Å². The minimum Gasteiger partial charge on any atom is -0.493 e. The predicted octanol–water partition coefficient (Wildman–Crippen LogP) is 3.72. The van der Waals surface area contributed by atoms with E-state index in [4.69, 9.17) is 11.2 Å². The monoisotopic (exact) mass is 271 g/mol. The number of benzene rings is 1. The van der Waals surface area contributed by atoms with Gasteiger partial charge in [0.1, 0.15) is 5.75 Å². The molecular formula is C18H25NO. The van der Waals surface area contributed by atoms with E-state index in [1.54, 1.807) is 0 Å². The summed E-state index contributed by atoms with van der Waals surface area (Å²) in [6, 6.07) is 8.96. The Hall–Kier alpha value is -1.46. The van der Waals surface area contributed by atoms with Crippen LogP contribution >= 0.6 is 0 Å². The highest BCUT2D eigenvalue weighted by Crippen LogP contribution is 2.36. The van der Waals surface area contributed by atoms with E-state index in [1.165, 1.54) is 5.56 Å². The van der Waals surface area contributed by atoms with Gasteiger partial charge in [-0.3, -0.25) is 0 Å². The van der Waals surface area contributed by atoms with E-state index in [0.717, 1.165) is 51.0 Å². The van der Waals surface area contributed by atoms with Crippen LogP contribution in [0.2, 0.25) is 0 Å². The number of nitrogens with one attached hydrogen (secondary N) is 1. The molecule has 2 unspecified atom stereocenters. The first kappa shape index (κ1) is 14.9. The van der Waals surface area contributed by atoms with Crippen molar-refractivity contribution in [1.29, 1.82) is 0 Å². The Bertz CT molecular complexity index is 449. The number of unbranched alkanes of at least 4 members (excludes halogenated alkanes) is 1. The first-order valence-corrected chi connectivity index (χ1v) is 7.75. The maximum atomic E-state index is 5.77. The fraction of sp³-hybridized carbons (Fsp3) is 0.556. The van der Waals surface area contributed by atoms with Gasteiger partial charge in [0, 0.05) is 18.4 Å². The van der Waals surface area contributed by atoms with Gasteiger partial charge < -0.3 is 10.1 Å². The molecule has 0 amide bonds. The standard InChI is InChI=1S/C18H25NO/c1-3-5-6-10-17(19-13-4-2)15-12-14-20-18-11-8-7-9-16(15)18/h1,7-9,11,15,17,19H,4-6,10,12-14H2,2H3. The summed E-state index contributed by atoms with van der Waals surface area (Å²) in [6.07, 6.45) is 10.7. The van der Waals surface area contributed by atoms with Gasteiger partial charge in [0.15, 0.2) is 0 Å². The Labute approximate surface area is 122 Å². The van der Waals surface area contributed by atoms with Gasteiger partial charge in [-0.15, -0.1) is 12.3 Å². The quantitative estimate of drug-likeness (QED) is 0.603. The molecule has 0 radical (unpaired) electrons. The second-order valence-electron chi connectivity index (χ2n) is 5.44. The smallest absolute Gasteiger partial charge is 0.122 e. The summed E-state index contributed by atoms with van der Waals surface area (Å²) in [5, 5.41) is 3.71. The van der Waals surface area contributed by atoms with Crippen LogP contribution in [0.4, 0.5) is 0 Å². The molecule has 0 aromatic heterocycles. The Morgan fingerprint density at radius 1 is 1.45 bits per heavy atom. The molecule has 108 valence electrons. The molecule has 2 atom stereocenters. The maximum absolute atomic E-state index is 5.77. The molecule has 2 rings (SSSR count). The van der Waals surface area contributed by atoms with Gasteiger partial charge in [-0.25, -0.2) is 0 Å². The third-order valence-electron chi connectivity index (χ3n) is 3.98. The summed E-state index contributed by atoms with van der Waals surface area (Å²) in [7, 11) is 0. The number of terminal acetylenes is 1. The molecule has 2 nitrogen and oxygen atoms in total. The average Bonchev–Trinajstić information content (AvgIpc) is 2.50. The second kappa shape index (κ2) is 7.97. The Kier molecular flexibility index (Phi) is 5.95. The molecular weight excluding hydrogens is 246 g/mol. The van der Waals surface area contributed by atoms with Crippen LogP contribution < -0.4 is 10.1 Å². The predicted molar refractivity (Wildman–Crippen MR) is 84.1 cm³/mol. The van der Waals surface area contributed by atoms with Crippen LogP contribution in [0, 0.1) is 12.3 Å². The molecule has 0 aliphatic carbocycles. The summed E-state index contributed by atoms with van der Waals surface area (Å²) in [6.45, 7) is 4.10. The fourth-order valence-electron chi connectivity index (χ4n) is 2.99. The molecule has 2 heteroatoms. The molecule has 1 heterocycles. The van der Waals surface area contributed by atoms with Crippen LogP contribution in [0.25, 0.3) is 0 Å². The van der Waals surface area contributed by atoms with Gasteiger partial charge in [0.2, 0.25) is 0 Å². The van der Waals surface area contributed by atoms with Crippen LogP contribution in [-0.2, 0) is 0 Å². The lowest BCUT2D eigenvalue weighted by Gasteiger charge is -2.33. The summed E-state index contributed by atoms with van der Waals surface area (Å²) in [5.41, 5.74) is 1.35. The van der Waals surface area contributed by atoms with E-state index < -0.39 is 0 Å². The van der Waals surface area contributed by atoms with Crippen molar-refractivity contribution in [2.45, 2.75) is 51.0 Å². The van der Waals surface area contributed by atoms with Gasteiger partial charge in [0.05, 0.1) is 6.61 Å². The molecule has 0 saturated heterocycles. The van der Waals surface area contributed by atoms with Crippen LogP contribution in [-0.4, -0.2) is 19.2 Å². The molecule has 20 heavy (non-hydrogen) atoms. The van der Waals surface area contributed by atoms with Gasteiger partial charge in [-0.05, 0) is 43.9 Å². The van der Waals surface area contributed by atoms with Crippen molar-refractivity contribution in [2.75, 3.05) is 13.2 Å². The van der Waals surface area contributed by atoms with Crippen molar-refractivity contribution < 1.29 is 4.74 Å². The summed E-state index contributed by atoms with van der Waals surface area (Å²) >= 11 is 0. The number of fused-ring (bicyclic) bond motifs is 1. The molecule has 0 bridgehead atoms. The molecule has 1 aliphatic heterocycles.